The number of allylic oxidation sites excluding steroid dienone is 5. The quantitative estimate of drug-likeness (QED) is 0.295. The third-order valence-corrected chi connectivity index (χ3v) is 5.21. The number of epoxide rings is 1. The minimum atomic E-state index is -0.748. The van der Waals surface area contributed by atoms with Crippen LogP contribution in [-0.4, -0.2) is 35.8 Å². The number of rotatable bonds is 0. The molecule has 0 aromatic carbocycles. The zero-order chi connectivity index (χ0) is 16.2. The molecule has 4 rings (SSSR count). The molecule has 2 bridgehead atoms. The Bertz CT molecular complexity index is 705. The first-order valence-corrected chi connectivity index (χ1v) is 8.03. The van der Waals surface area contributed by atoms with Crippen molar-refractivity contribution in [3.63, 3.8) is 0 Å². The van der Waals surface area contributed by atoms with Crippen molar-refractivity contribution in [2.24, 2.45) is 5.92 Å². The molecule has 0 amide bonds. The SMILES string of the molecule is C/C1=C/CCCC2C(=O)O[C@H](C3=C(C1)C(=O)C=CC3=O)[C@@]21CO1. The first-order valence-electron chi connectivity index (χ1n) is 8.03. The molecule has 23 heavy (non-hydrogen) atoms. The summed E-state index contributed by atoms with van der Waals surface area (Å²) in [5.74, 6) is -1.08. The third kappa shape index (κ3) is 2.14. The molecule has 0 saturated carbocycles. The Hall–Kier alpha value is -2.01. The highest BCUT2D eigenvalue weighted by atomic mass is 16.7. The van der Waals surface area contributed by atoms with E-state index in [9.17, 15) is 14.4 Å². The summed E-state index contributed by atoms with van der Waals surface area (Å²) < 4.78 is 11.2. The zero-order valence-electron chi connectivity index (χ0n) is 13.0. The van der Waals surface area contributed by atoms with Crippen molar-refractivity contribution in [1.29, 1.82) is 0 Å². The zero-order valence-corrected chi connectivity index (χ0v) is 13.0. The summed E-state index contributed by atoms with van der Waals surface area (Å²) in [7, 11) is 0. The van der Waals surface area contributed by atoms with Gasteiger partial charge in [-0.15, -0.1) is 0 Å². The third-order valence-electron chi connectivity index (χ3n) is 5.21. The van der Waals surface area contributed by atoms with Gasteiger partial charge in [-0.25, -0.2) is 0 Å². The molecule has 2 heterocycles. The van der Waals surface area contributed by atoms with Crippen molar-refractivity contribution in [2.45, 2.75) is 44.3 Å². The Morgan fingerprint density at radius 1 is 1.17 bits per heavy atom. The Labute approximate surface area is 134 Å². The first kappa shape index (κ1) is 14.6. The van der Waals surface area contributed by atoms with Gasteiger partial charge >= 0.3 is 5.97 Å². The number of carbonyl (C=O) groups excluding carboxylic acids is 3. The van der Waals surface area contributed by atoms with E-state index in [-0.39, 0.29) is 23.5 Å². The molecule has 0 aromatic rings. The fourth-order valence-corrected chi connectivity index (χ4v) is 3.90. The first-order chi connectivity index (χ1) is 11.0. The van der Waals surface area contributed by atoms with Crippen LogP contribution in [0.5, 0.6) is 0 Å². The molecule has 5 heteroatoms. The van der Waals surface area contributed by atoms with Gasteiger partial charge < -0.3 is 9.47 Å². The Morgan fingerprint density at radius 2 is 1.91 bits per heavy atom. The standard InChI is InChI=1S/C18H18O5/c1-10-4-2-3-5-12-17(21)23-16(18(12)9-22-18)15-11(8-10)13(19)6-7-14(15)20/h4,6-7,12,16H,2-3,5,8-9H2,1H3/b10-4-/t12?,16-,18-/m1/s1. The molecule has 4 aliphatic rings. The lowest BCUT2D eigenvalue weighted by Gasteiger charge is -2.22. The van der Waals surface area contributed by atoms with E-state index in [4.69, 9.17) is 9.47 Å². The predicted octanol–water partition coefficient (Wildman–Crippen LogP) is 1.82. The molecule has 0 aromatic heterocycles. The highest BCUT2D eigenvalue weighted by Gasteiger charge is 2.68. The van der Waals surface area contributed by atoms with Gasteiger partial charge in [-0.3, -0.25) is 14.4 Å². The van der Waals surface area contributed by atoms with E-state index in [2.05, 4.69) is 6.08 Å². The molecule has 2 fully saturated rings. The van der Waals surface area contributed by atoms with E-state index in [1.54, 1.807) is 0 Å². The second-order valence-corrected chi connectivity index (χ2v) is 6.73. The van der Waals surface area contributed by atoms with Gasteiger partial charge in [0.25, 0.3) is 0 Å². The summed E-state index contributed by atoms with van der Waals surface area (Å²) in [6.45, 7) is 2.37. The molecule has 0 radical (unpaired) electrons. The van der Waals surface area contributed by atoms with E-state index in [0.29, 0.717) is 30.6 Å². The fraction of sp³-hybridized carbons (Fsp3) is 0.500. The van der Waals surface area contributed by atoms with Crippen molar-refractivity contribution in [2.75, 3.05) is 6.61 Å². The summed E-state index contributed by atoms with van der Waals surface area (Å²) >= 11 is 0. The summed E-state index contributed by atoms with van der Waals surface area (Å²) in [4.78, 5) is 37.1. The van der Waals surface area contributed by atoms with Gasteiger partial charge in [0.15, 0.2) is 17.7 Å². The van der Waals surface area contributed by atoms with Gasteiger partial charge in [0.1, 0.15) is 5.60 Å². The summed E-state index contributed by atoms with van der Waals surface area (Å²) in [6.07, 6.45) is 6.73. The lowest BCUT2D eigenvalue weighted by atomic mass is 9.79. The monoisotopic (exact) mass is 314 g/mol. The topological polar surface area (TPSA) is 73.0 Å². The van der Waals surface area contributed by atoms with Crippen LogP contribution in [0.25, 0.3) is 0 Å². The van der Waals surface area contributed by atoms with Gasteiger partial charge in [0.05, 0.1) is 18.1 Å². The number of hydrogen-bond acceptors (Lipinski definition) is 5. The average Bonchev–Trinajstić information content (AvgIpc) is 3.24. The number of esters is 1. The van der Waals surface area contributed by atoms with Gasteiger partial charge in [0, 0.05) is 5.57 Å². The van der Waals surface area contributed by atoms with Crippen LogP contribution in [-0.2, 0) is 23.9 Å². The normalized spacial score (nSPS) is 38.8. The molecule has 120 valence electrons. The van der Waals surface area contributed by atoms with Crippen molar-refractivity contribution in [3.05, 3.63) is 34.9 Å². The number of fused-ring (bicyclic) bond motifs is 1. The van der Waals surface area contributed by atoms with Crippen LogP contribution >= 0.6 is 0 Å². The maximum atomic E-state index is 12.5. The van der Waals surface area contributed by atoms with Crippen molar-refractivity contribution < 1.29 is 23.9 Å². The molecule has 3 atom stereocenters. The summed E-state index contributed by atoms with van der Waals surface area (Å²) in [5, 5.41) is 0. The van der Waals surface area contributed by atoms with E-state index in [0.717, 1.165) is 18.4 Å². The number of ether oxygens (including phenoxy) is 2. The van der Waals surface area contributed by atoms with Gasteiger partial charge in [0.2, 0.25) is 0 Å². The van der Waals surface area contributed by atoms with Crippen LogP contribution in [0.1, 0.15) is 32.6 Å². The smallest absolute Gasteiger partial charge is 0.312 e. The Morgan fingerprint density at radius 3 is 2.65 bits per heavy atom. The van der Waals surface area contributed by atoms with Crippen molar-refractivity contribution in [3.8, 4) is 0 Å². The molecular weight excluding hydrogens is 296 g/mol. The van der Waals surface area contributed by atoms with Crippen LogP contribution in [0.4, 0.5) is 0 Å². The fourth-order valence-electron chi connectivity index (χ4n) is 3.90. The van der Waals surface area contributed by atoms with Crippen LogP contribution in [0.3, 0.4) is 0 Å². The maximum Gasteiger partial charge on any atom is 0.312 e. The molecule has 0 N–H and O–H groups in total. The maximum absolute atomic E-state index is 12.5. The minimum absolute atomic E-state index is 0.179. The largest absolute Gasteiger partial charge is 0.454 e. The highest BCUT2D eigenvalue weighted by molar-refractivity contribution is 6.21. The second-order valence-electron chi connectivity index (χ2n) is 6.73. The average molecular weight is 314 g/mol. The van der Waals surface area contributed by atoms with Crippen LogP contribution in [0.15, 0.2) is 34.9 Å². The van der Waals surface area contributed by atoms with E-state index < -0.39 is 11.7 Å². The number of carbonyl (C=O) groups is 3. The van der Waals surface area contributed by atoms with E-state index in [1.807, 2.05) is 6.92 Å². The molecular formula is C18H18O5. The second kappa shape index (κ2) is 4.99. The van der Waals surface area contributed by atoms with Gasteiger partial charge in [-0.1, -0.05) is 11.6 Å². The predicted molar refractivity (Wildman–Crippen MR) is 80.5 cm³/mol. The number of ketones is 2. The summed E-state index contributed by atoms with van der Waals surface area (Å²) in [6, 6.07) is 0. The lowest BCUT2D eigenvalue weighted by molar-refractivity contribution is -0.143. The number of hydrogen-bond donors (Lipinski definition) is 0. The van der Waals surface area contributed by atoms with E-state index >= 15 is 0 Å². The minimum Gasteiger partial charge on any atom is -0.454 e. The van der Waals surface area contributed by atoms with Crippen molar-refractivity contribution >= 4 is 17.5 Å². The van der Waals surface area contributed by atoms with E-state index in [1.165, 1.54) is 12.2 Å². The molecule has 2 saturated heterocycles. The Balaban J connectivity index is 1.86. The molecule has 5 nitrogen and oxygen atoms in total. The van der Waals surface area contributed by atoms with Gasteiger partial charge in [-0.05, 0) is 44.8 Å². The van der Waals surface area contributed by atoms with Crippen LogP contribution < -0.4 is 0 Å². The summed E-state index contributed by atoms with van der Waals surface area (Å²) in [5.41, 5.74) is 1.09. The van der Waals surface area contributed by atoms with Crippen molar-refractivity contribution in [1.82, 2.24) is 0 Å². The van der Waals surface area contributed by atoms with Gasteiger partial charge in [-0.2, -0.15) is 0 Å². The molecule has 1 unspecified atom stereocenters. The molecule has 1 spiro atoms. The lowest BCUT2D eigenvalue weighted by Crippen LogP contribution is -2.37. The van der Waals surface area contributed by atoms with Crippen LogP contribution in [0, 0.1) is 5.92 Å². The molecule has 2 aliphatic heterocycles. The highest BCUT2D eigenvalue weighted by Crippen LogP contribution is 2.51. The Kier molecular flexibility index (Phi) is 3.17. The van der Waals surface area contributed by atoms with Crippen LogP contribution in [0.2, 0.25) is 0 Å². The molecule has 2 aliphatic carbocycles.